The van der Waals surface area contributed by atoms with Crippen molar-refractivity contribution in [3.8, 4) is 22.9 Å². The highest BCUT2D eigenvalue weighted by Gasteiger charge is 2.08. The maximum absolute atomic E-state index is 12.3. The summed E-state index contributed by atoms with van der Waals surface area (Å²) < 4.78 is 11.9. The summed E-state index contributed by atoms with van der Waals surface area (Å²) in [6, 6.07) is 18.6. The van der Waals surface area contributed by atoms with E-state index in [1.54, 1.807) is 24.8 Å². The maximum atomic E-state index is 12.3. The number of nitrogens with zero attached hydrogens (tertiary/aromatic N) is 3. The molecule has 0 saturated carbocycles. The lowest BCUT2D eigenvalue weighted by Gasteiger charge is -2.07. The van der Waals surface area contributed by atoms with Crippen LogP contribution in [0.5, 0.6) is 11.6 Å². The van der Waals surface area contributed by atoms with Crippen LogP contribution in [-0.2, 0) is 11.2 Å². The highest BCUT2D eigenvalue weighted by molar-refractivity contribution is 5.92. The summed E-state index contributed by atoms with van der Waals surface area (Å²) in [5.41, 5.74) is 4.12. The fourth-order valence-electron chi connectivity index (χ4n) is 2.97. The number of hydrogen-bond donors (Lipinski definition) is 1. The van der Waals surface area contributed by atoms with Gasteiger partial charge in [-0.3, -0.25) is 4.79 Å². The number of imidazole rings is 1. The molecule has 0 fully saturated rings. The summed E-state index contributed by atoms with van der Waals surface area (Å²) in [5.74, 6) is 1.22. The van der Waals surface area contributed by atoms with Crippen molar-refractivity contribution in [1.29, 1.82) is 0 Å². The summed E-state index contributed by atoms with van der Waals surface area (Å²) in [7, 11) is 3.19. The molecule has 4 aromatic rings. The van der Waals surface area contributed by atoms with Crippen molar-refractivity contribution in [2.75, 3.05) is 19.5 Å². The van der Waals surface area contributed by atoms with Gasteiger partial charge in [0.05, 0.1) is 32.5 Å². The van der Waals surface area contributed by atoms with Gasteiger partial charge in [-0.25, -0.2) is 9.50 Å². The summed E-state index contributed by atoms with van der Waals surface area (Å²) in [6.07, 6.45) is 2.14. The maximum Gasteiger partial charge on any atom is 0.231 e. The smallest absolute Gasteiger partial charge is 0.231 e. The Morgan fingerprint density at radius 1 is 0.966 bits per heavy atom. The molecular weight excluding hydrogens is 368 g/mol. The molecule has 0 unspecified atom stereocenters. The predicted molar refractivity (Wildman–Crippen MR) is 110 cm³/mol. The lowest BCUT2D eigenvalue weighted by atomic mass is 10.1. The largest absolute Gasteiger partial charge is 0.497 e. The molecule has 4 rings (SSSR count). The van der Waals surface area contributed by atoms with Gasteiger partial charge in [-0.2, -0.15) is 0 Å². The van der Waals surface area contributed by atoms with Gasteiger partial charge in [0.1, 0.15) is 5.75 Å². The Kier molecular flexibility index (Phi) is 5.11. The van der Waals surface area contributed by atoms with Crippen LogP contribution < -0.4 is 14.8 Å². The molecule has 0 atom stereocenters. The molecule has 2 aromatic heterocycles. The van der Waals surface area contributed by atoms with Gasteiger partial charge >= 0.3 is 0 Å². The SMILES string of the molecule is COc1ccc(CC(=O)Nc2ccc(-c3cn4nc(OC)ccc4n3)cc2)cc1. The molecule has 7 heteroatoms. The van der Waals surface area contributed by atoms with Crippen LogP contribution >= 0.6 is 0 Å². The van der Waals surface area contributed by atoms with Crippen LogP contribution in [0, 0.1) is 0 Å². The van der Waals surface area contributed by atoms with E-state index in [-0.39, 0.29) is 5.91 Å². The number of hydrogen-bond acceptors (Lipinski definition) is 5. The van der Waals surface area contributed by atoms with E-state index in [1.807, 2.05) is 60.8 Å². The number of aromatic nitrogens is 3. The van der Waals surface area contributed by atoms with Crippen LogP contribution in [0.2, 0.25) is 0 Å². The van der Waals surface area contributed by atoms with Gasteiger partial charge in [0.15, 0.2) is 5.65 Å². The molecule has 0 aliphatic heterocycles. The molecule has 0 aliphatic rings. The van der Waals surface area contributed by atoms with Crippen LogP contribution in [0.15, 0.2) is 66.9 Å². The van der Waals surface area contributed by atoms with Gasteiger partial charge in [-0.1, -0.05) is 24.3 Å². The number of carbonyl (C=O) groups excluding carboxylic acids is 1. The van der Waals surface area contributed by atoms with Crippen LogP contribution in [0.25, 0.3) is 16.9 Å². The van der Waals surface area contributed by atoms with E-state index in [0.29, 0.717) is 12.3 Å². The number of rotatable bonds is 6. The molecule has 1 amide bonds. The first-order valence-corrected chi connectivity index (χ1v) is 9.08. The van der Waals surface area contributed by atoms with Crippen LogP contribution in [0.1, 0.15) is 5.56 Å². The molecule has 0 bridgehead atoms. The van der Waals surface area contributed by atoms with Gasteiger partial charge in [0, 0.05) is 17.3 Å². The Hall–Kier alpha value is -3.87. The number of amides is 1. The highest BCUT2D eigenvalue weighted by atomic mass is 16.5. The van der Waals surface area contributed by atoms with Crippen molar-refractivity contribution >= 4 is 17.2 Å². The van der Waals surface area contributed by atoms with E-state index in [1.165, 1.54) is 0 Å². The minimum absolute atomic E-state index is 0.0769. The van der Waals surface area contributed by atoms with Crippen molar-refractivity contribution < 1.29 is 14.3 Å². The number of carbonyl (C=O) groups is 1. The summed E-state index contributed by atoms with van der Waals surface area (Å²) in [6.45, 7) is 0. The number of fused-ring (bicyclic) bond motifs is 1. The first kappa shape index (κ1) is 18.5. The number of nitrogens with one attached hydrogen (secondary N) is 1. The Bertz CT molecular complexity index is 1140. The van der Waals surface area contributed by atoms with Gasteiger partial charge < -0.3 is 14.8 Å². The first-order chi connectivity index (χ1) is 14.1. The fourth-order valence-corrected chi connectivity index (χ4v) is 2.97. The number of methoxy groups -OCH3 is 2. The second-order valence-electron chi connectivity index (χ2n) is 6.45. The lowest BCUT2D eigenvalue weighted by Crippen LogP contribution is -2.14. The van der Waals surface area contributed by atoms with Crippen LogP contribution in [0.4, 0.5) is 5.69 Å². The van der Waals surface area contributed by atoms with Crippen molar-refractivity contribution in [3.05, 3.63) is 72.4 Å². The Morgan fingerprint density at radius 2 is 1.72 bits per heavy atom. The van der Waals surface area contributed by atoms with Crippen molar-refractivity contribution in [2.24, 2.45) is 0 Å². The molecule has 146 valence electrons. The Balaban J connectivity index is 1.44. The zero-order valence-electron chi connectivity index (χ0n) is 16.1. The van der Waals surface area contributed by atoms with Crippen LogP contribution in [0.3, 0.4) is 0 Å². The lowest BCUT2D eigenvalue weighted by molar-refractivity contribution is -0.115. The molecule has 2 aromatic carbocycles. The molecule has 29 heavy (non-hydrogen) atoms. The third-order valence-corrected chi connectivity index (χ3v) is 4.49. The number of ether oxygens (including phenoxy) is 2. The first-order valence-electron chi connectivity index (χ1n) is 9.08. The standard InChI is InChI=1S/C22H20N4O3/c1-28-18-9-3-15(4-10-18)13-21(27)23-17-7-5-16(6-8-17)19-14-26-20(24-19)11-12-22(25-26)29-2/h3-12,14H,13H2,1-2H3,(H,23,27). The topological polar surface area (TPSA) is 77.8 Å². The van der Waals surface area contributed by atoms with Crippen molar-refractivity contribution in [1.82, 2.24) is 14.6 Å². The highest BCUT2D eigenvalue weighted by Crippen LogP contribution is 2.22. The molecule has 0 radical (unpaired) electrons. The summed E-state index contributed by atoms with van der Waals surface area (Å²) in [5, 5.41) is 7.23. The van der Waals surface area contributed by atoms with Gasteiger partial charge in [0.2, 0.25) is 11.8 Å². The zero-order chi connectivity index (χ0) is 20.2. The normalized spacial score (nSPS) is 10.7. The van der Waals surface area contributed by atoms with E-state index in [4.69, 9.17) is 9.47 Å². The third kappa shape index (κ3) is 4.19. The van der Waals surface area contributed by atoms with Crippen molar-refractivity contribution in [3.63, 3.8) is 0 Å². The Morgan fingerprint density at radius 3 is 2.41 bits per heavy atom. The van der Waals surface area contributed by atoms with E-state index < -0.39 is 0 Å². The molecule has 0 aliphatic carbocycles. The minimum Gasteiger partial charge on any atom is -0.497 e. The van der Waals surface area contributed by atoms with Gasteiger partial charge in [-0.05, 0) is 35.9 Å². The zero-order valence-corrected chi connectivity index (χ0v) is 16.1. The second-order valence-corrected chi connectivity index (χ2v) is 6.45. The number of benzene rings is 2. The minimum atomic E-state index is -0.0769. The molecule has 2 heterocycles. The van der Waals surface area contributed by atoms with Crippen LogP contribution in [-0.4, -0.2) is 34.7 Å². The second kappa shape index (κ2) is 8.02. The average molecular weight is 388 g/mol. The Labute approximate surface area is 167 Å². The molecule has 0 spiro atoms. The molecular formula is C22H20N4O3. The molecule has 0 saturated heterocycles. The molecule has 7 nitrogen and oxygen atoms in total. The monoisotopic (exact) mass is 388 g/mol. The third-order valence-electron chi connectivity index (χ3n) is 4.49. The van der Waals surface area contributed by atoms with E-state index in [0.717, 1.165) is 33.9 Å². The summed E-state index contributed by atoms with van der Waals surface area (Å²) in [4.78, 5) is 16.9. The van der Waals surface area contributed by atoms with E-state index >= 15 is 0 Å². The van der Waals surface area contributed by atoms with Crippen molar-refractivity contribution in [2.45, 2.75) is 6.42 Å². The summed E-state index contributed by atoms with van der Waals surface area (Å²) >= 11 is 0. The number of anilines is 1. The van der Waals surface area contributed by atoms with E-state index in [2.05, 4.69) is 15.4 Å². The predicted octanol–water partition coefficient (Wildman–Crippen LogP) is 3.59. The van der Waals surface area contributed by atoms with Gasteiger partial charge in [-0.15, -0.1) is 5.10 Å². The fraction of sp³-hybridized carbons (Fsp3) is 0.136. The average Bonchev–Trinajstić information content (AvgIpc) is 3.18. The van der Waals surface area contributed by atoms with Gasteiger partial charge in [0.25, 0.3) is 0 Å². The molecule has 1 N–H and O–H groups in total. The quantitative estimate of drug-likeness (QED) is 0.546. The van der Waals surface area contributed by atoms with E-state index in [9.17, 15) is 4.79 Å².